The van der Waals surface area contributed by atoms with Gasteiger partial charge in [0.1, 0.15) is 0 Å². The van der Waals surface area contributed by atoms with E-state index in [9.17, 15) is 4.79 Å². The quantitative estimate of drug-likeness (QED) is 0.153. The number of hydrogen-bond acceptors (Lipinski definition) is 5. The van der Waals surface area contributed by atoms with E-state index in [1.807, 2.05) is 18.9 Å². The summed E-state index contributed by atoms with van der Waals surface area (Å²) in [4.78, 5) is 16.1. The fraction of sp³-hybridized carbons (Fsp3) is 0.846. The van der Waals surface area contributed by atoms with Crippen LogP contribution in [0.25, 0.3) is 0 Å². The van der Waals surface area contributed by atoms with E-state index in [1.165, 1.54) is 7.11 Å². The van der Waals surface area contributed by atoms with Gasteiger partial charge in [-0.15, -0.1) is 0 Å². The number of nitrogens with two attached hydrogens (primary N) is 2. The summed E-state index contributed by atoms with van der Waals surface area (Å²) in [5.74, 6) is -0.137. The topological polar surface area (TPSA) is 114 Å². The third-order valence-electron chi connectivity index (χ3n) is 2.75. The zero-order valence-corrected chi connectivity index (χ0v) is 13.3. The number of hydrogen-bond donors (Lipinski definition) is 3. The molecule has 0 aromatic heterocycles. The van der Waals surface area contributed by atoms with Gasteiger partial charge in [0, 0.05) is 13.1 Å². The minimum Gasteiger partial charge on any atom is -0.469 e. The van der Waals surface area contributed by atoms with Crippen molar-refractivity contribution >= 4 is 11.9 Å². The van der Waals surface area contributed by atoms with Gasteiger partial charge >= 0.3 is 11.9 Å². The van der Waals surface area contributed by atoms with E-state index < -0.39 is 0 Å². The largest absolute Gasteiger partial charge is 0.469 e. The highest BCUT2D eigenvalue weighted by atomic mass is 16.5. The van der Waals surface area contributed by atoms with Crippen molar-refractivity contribution in [3.05, 3.63) is 0 Å². The van der Waals surface area contributed by atoms with Crippen LogP contribution >= 0.6 is 0 Å². The number of ether oxygens (including phenoxy) is 3. The summed E-state index contributed by atoms with van der Waals surface area (Å²) < 4.78 is 15.4. The van der Waals surface area contributed by atoms with Crippen LogP contribution in [0.4, 0.5) is 0 Å². The smallest absolute Gasteiger partial charge is 0.338 e. The van der Waals surface area contributed by atoms with Gasteiger partial charge in [-0.05, 0) is 7.05 Å². The molecule has 8 heteroatoms. The zero-order chi connectivity index (χ0) is 16.1. The zero-order valence-electron chi connectivity index (χ0n) is 13.3. The van der Waals surface area contributed by atoms with Crippen molar-refractivity contribution < 1.29 is 24.0 Å². The summed E-state index contributed by atoms with van der Waals surface area (Å²) in [6.07, 6.45) is 0. The molecular weight excluding hydrogens is 276 g/mol. The average molecular weight is 305 g/mol. The highest BCUT2D eigenvalue weighted by Gasteiger charge is 2.14. The molecule has 0 amide bonds. The molecule has 0 saturated carbocycles. The Hall–Kier alpha value is -1.38. The van der Waals surface area contributed by atoms with Crippen LogP contribution in [0.5, 0.6) is 0 Å². The van der Waals surface area contributed by atoms with Crippen molar-refractivity contribution in [2.24, 2.45) is 17.4 Å². The molecule has 21 heavy (non-hydrogen) atoms. The maximum absolute atomic E-state index is 11.3. The normalized spacial score (nSPS) is 12.2. The highest BCUT2D eigenvalue weighted by Crippen LogP contribution is 2.00. The molecule has 0 saturated heterocycles. The molecule has 0 aliphatic carbocycles. The third kappa shape index (κ3) is 12.1. The Bertz CT molecular complexity index is 309. The van der Waals surface area contributed by atoms with Crippen LogP contribution < -0.4 is 16.5 Å². The van der Waals surface area contributed by atoms with Crippen LogP contribution in [-0.4, -0.2) is 77.0 Å². The van der Waals surface area contributed by atoms with Crippen molar-refractivity contribution in [1.29, 1.82) is 0 Å². The lowest BCUT2D eigenvalue weighted by Crippen LogP contribution is -2.79. The third-order valence-corrected chi connectivity index (χ3v) is 2.75. The lowest BCUT2D eigenvalue weighted by Gasteiger charge is -2.19. The molecule has 0 bridgehead atoms. The second-order valence-corrected chi connectivity index (χ2v) is 4.79. The molecule has 0 aliphatic heterocycles. The van der Waals surface area contributed by atoms with E-state index in [0.717, 1.165) is 6.54 Å². The van der Waals surface area contributed by atoms with Crippen molar-refractivity contribution in [3.63, 3.8) is 0 Å². The first kappa shape index (κ1) is 19.6. The summed E-state index contributed by atoms with van der Waals surface area (Å²) in [5.41, 5.74) is 10.5. The van der Waals surface area contributed by atoms with Gasteiger partial charge in [0.25, 0.3) is 0 Å². The van der Waals surface area contributed by atoms with Gasteiger partial charge in [-0.25, -0.2) is 0 Å². The average Bonchev–Trinajstić information content (AvgIpc) is 2.44. The van der Waals surface area contributed by atoms with Gasteiger partial charge in [0.2, 0.25) is 0 Å². The second kappa shape index (κ2) is 12.4. The molecule has 0 radical (unpaired) electrons. The van der Waals surface area contributed by atoms with Crippen LogP contribution in [0.1, 0.15) is 6.92 Å². The predicted molar refractivity (Wildman–Crippen MR) is 79.5 cm³/mol. The van der Waals surface area contributed by atoms with Crippen LogP contribution in [0.15, 0.2) is 0 Å². The number of likely N-dealkylation sites (N-methyl/N-ethyl adjacent to an activating group) is 1. The molecule has 124 valence electrons. The number of methoxy groups -OCH3 is 1. The highest BCUT2D eigenvalue weighted by molar-refractivity contribution is 5.72. The Balaban J connectivity index is 3.42. The Morgan fingerprint density at radius 3 is 2.38 bits per heavy atom. The molecule has 0 fully saturated rings. The Morgan fingerprint density at radius 2 is 1.81 bits per heavy atom. The van der Waals surface area contributed by atoms with E-state index in [2.05, 4.69) is 9.73 Å². The number of nitrogens with zero attached hydrogens (tertiary/aromatic N) is 1. The number of guanidine groups is 1. The fourth-order valence-corrected chi connectivity index (χ4v) is 1.64. The molecule has 0 spiro atoms. The standard InChI is InChI=1S/C13H28N4O4/c1-11(12(18)19-3)10-17(2)5-7-21-9-8-20-6-4-16-13(14)15/h11H,4-10H2,1-3H3,(H4,14,15,16)/p+1. The van der Waals surface area contributed by atoms with E-state index in [0.29, 0.717) is 39.5 Å². The molecule has 0 heterocycles. The maximum atomic E-state index is 11.3. The van der Waals surface area contributed by atoms with E-state index in [-0.39, 0.29) is 17.8 Å². The second-order valence-electron chi connectivity index (χ2n) is 4.79. The minimum atomic E-state index is -0.194. The predicted octanol–water partition coefficient (Wildman–Crippen LogP) is -2.89. The van der Waals surface area contributed by atoms with Crippen molar-refractivity contribution in [2.75, 3.05) is 60.2 Å². The fourth-order valence-electron chi connectivity index (χ4n) is 1.64. The van der Waals surface area contributed by atoms with Gasteiger partial charge in [0.15, 0.2) is 0 Å². The van der Waals surface area contributed by atoms with Crippen molar-refractivity contribution in [3.8, 4) is 0 Å². The lowest BCUT2D eigenvalue weighted by atomic mass is 10.2. The molecule has 0 aliphatic rings. The number of esters is 1. The molecule has 1 atom stereocenters. The maximum Gasteiger partial charge on any atom is 0.338 e. The molecule has 0 aromatic carbocycles. The summed E-state index contributed by atoms with van der Waals surface area (Å²) in [5, 5.41) is 0. The molecule has 8 nitrogen and oxygen atoms in total. The molecule has 1 unspecified atom stereocenters. The van der Waals surface area contributed by atoms with Gasteiger partial charge in [0.05, 0.1) is 46.0 Å². The molecule has 0 rings (SSSR count). The Morgan fingerprint density at radius 1 is 1.19 bits per heavy atom. The van der Waals surface area contributed by atoms with E-state index in [1.54, 1.807) is 0 Å². The minimum absolute atomic E-state index is 0.136. The van der Waals surface area contributed by atoms with Gasteiger partial charge in [-0.1, -0.05) is 6.92 Å². The van der Waals surface area contributed by atoms with Gasteiger partial charge in [-0.3, -0.25) is 21.3 Å². The van der Waals surface area contributed by atoms with Crippen molar-refractivity contribution in [2.45, 2.75) is 6.92 Å². The monoisotopic (exact) mass is 305 g/mol. The SMILES string of the molecule is COC(=O)C(C)CN(C)CCOCCOCC[NH+]=C(N)N. The lowest BCUT2D eigenvalue weighted by molar-refractivity contribution is -0.463. The Kier molecular flexibility index (Phi) is 11.6. The molecular formula is C13H29N4O4+. The number of carbonyl (C=O) groups is 1. The summed E-state index contributed by atoms with van der Waals surface area (Å²) in [6, 6.07) is 0. The van der Waals surface area contributed by atoms with Gasteiger partial charge in [-0.2, -0.15) is 0 Å². The van der Waals surface area contributed by atoms with Crippen LogP contribution in [0.3, 0.4) is 0 Å². The first-order chi connectivity index (χ1) is 9.97. The molecule has 5 N–H and O–H groups in total. The number of carbonyl (C=O) groups excluding carboxylic acids is 1. The van der Waals surface area contributed by atoms with E-state index in [4.69, 9.17) is 20.9 Å². The van der Waals surface area contributed by atoms with Crippen molar-refractivity contribution in [1.82, 2.24) is 4.90 Å². The van der Waals surface area contributed by atoms with E-state index >= 15 is 0 Å². The van der Waals surface area contributed by atoms with Gasteiger partial charge < -0.3 is 19.1 Å². The summed E-state index contributed by atoms with van der Waals surface area (Å²) in [7, 11) is 3.34. The summed E-state index contributed by atoms with van der Waals surface area (Å²) in [6.45, 7) is 5.99. The first-order valence-electron chi connectivity index (χ1n) is 7.01. The molecule has 0 aromatic rings. The summed E-state index contributed by atoms with van der Waals surface area (Å²) >= 11 is 0. The number of nitrogens with one attached hydrogen (secondary N) is 1. The Labute approximate surface area is 126 Å². The van der Waals surface area contributed by atoms with Crippen LogP contribution in [0, 0.1) is 5.92 Å². The number of rotatable bonds is 12. The van der Waals surface area contributed by atoms with Crippen LogP contribution in [-0.2, 0) is 19.0 Å². The first-order valence-corrected chi connectivity index (χ1v) is 7.01. The van der Waals surface area contributed by atoms with Crippen LogP contribution in [0.2, 0.25) is 0 Å².